The molecule has 0 unspecified atom stereocenters. The molecule has 216 valence electrons. The van der Waals surface area contributed by atoms with Gasteiger partial charge in [0, 0.05) is 35.8 Å². The summed E-state index contributed by atoms with van der Waals surface area (Å²) >= 11 is 0. The summed E-state index contributed by atoms with van der Waals surface area (Å²) in [4.78, 5) is 18.0. The van der Waals surface area contributed by atoms with E-state index in [4.69, 9.17) is 9.47 Å². The first kappa shape index (κ1) is 29.5. The van der Waals surface area contributed by atoms with Gasteiger partial charge in [0.2, 0.25) is 0 Å². The highest BCUT2D eigenvalue weighted by atomic mass is 19.1. The number of ether oxygens (including phenoxy) is 2. The van der Waals surface area contributed by atoms with Crippen molar-refractivity contribution in [3.8, 4) is 11.5 Å². The summed E-state index contributed by atoms with van der Waals surface area (Å²) in [6.45, 7) is 0.537. The van der Waals surface area contributed by atoms with Crippen molar-refractivity contribution in [2.45, 2.75) is 44.9 Å². The lowest BCUT2D eigenvalue weighted by molar-refractivity contribution is -0.141. The van der Waals surface area contributed by atoms with E-state index in [0.29, 0.717) is 73.2 Å². The second-order valence-electron chi connectivity index (χ2n) is 10.2. The van der Waals surface area contributed by atoms with Crippen molar-refractivity contribution in [3.63, 3.8) is 0 Å². The van der Waals surface area contributed by atoms with Crippen LogP contribution in [0.5, 0.6) is 11.5 Å². The summed E-state index contributed by atoms with van der Waals surface area (Å²) in [5.41, 5.74) is 0.690. The smallest absolute Gasteiger partial charge is 0.303 e. The molecule has 1 aliphatic rings. The summed E-state index contributed by atoms with van der Waals surface area (Å²) in [5, 5.41) is 21.4. The van der Waals surface area contributed by atoms with Crippen molar-refractivity contribution in [2.24, 2.45) is 5.41 Å². The minimum absolute atomic E-state index is 0.0330. The van der Waals surface area contributed by atoms with Crippen LogP contribution in [-0.4, -0.2) is 59.4 Å². The number of piperidine rings is 1. The van der Waals surface area contributed by atoms with Crippen LogP contribution in [0.4, 0.5) is 17.6 Å². The number of hydrogen-bond acceptors (Lipinski definition) is 6. The highest BCUT2D eigenvalue weighted by Crippen LogP contribution is 2.42. The molecule has 0 aliphatic carbocycles. The number of methoxy groups -OCH3 is 1. The molecule has 0 spiro atoms. The van der Waals surface area contributed by atoms with Gasteiger partial charge in [0.15, 0.2) is 17.4 Å². The first-order chi connectivity index (χ1) is 19.1. The fourth-order valence-electron chi connectivity index (χ4n) is 5.48. The molecule has 3 aromatic rings. The predicted molar refractivity (Wildman–Crippen MR) is 139 cm³/mol. The first-order valence-corrected chi connectivity index (χ1v) is 13.1. The number of carbonyl (C=O) groups is 1. The molecular formula is C29H32F4N2O5. The van der Waals surface area contributed by atoms with E-state index in [9.17, 15) is 32.6 Å². The summed E-state index contributed by atoms with van der Waals surface area (Å²) in [7, 11) is 1.51. The lowest BCUT2D eigenvalue weighted by Gasteiger charge is -2.41. The highest BCUT2D eigenvalue weighted by molar-refractivity contribution is 5.85. The molecule has 2 N–H and O–H groups in total. The SMILES string of the molecule is COc1ccc2ncc(CF)c([C@@H](O)CCC3(CC(=O)O)CCN(CCOc4c(F)cc(F)cc4F)CC3)c2c1. The van der Waals surface area contributed by atoms with Crippen LogP contribution in [-0.2, 0) is 11.5 Å². The number of aliphatic carboxylic acids is 1. The average Bonchev–Trinajstić information content (AvgIpc) is 2.92. The molecule has 0 amide bonds. The molecule has 0 radical (unpaired) electrons. The zero-order valence-electron chi connectivity index (χ0n) is 22.1. The Labute approximate surface area is 229 Å². The van der Waals surface area contributed by atoms with Crippen LogP contribution in [0.2, 0.25) is 0 Å². The average molecular weight is 565 g/mol. The van der Waals surface area contributed by atoms with Crippen molar-refractivity contribution in [1.82, 2.24) is 9.88 Å². The number of nitrogens with zero attached hydrogens (tertiary/aromatic N) is 2. The molecule has 2 heterocycles. The van der Waals surface area contributed by atoms with Crippen LogP contribution in [0.3, 0.4) is 0 Å². The first-order valence-electron chi connectivity index (χ1n) is 13.1. The number of aliphatic hydroxyl groups excluding tert-OH is 1. The number of halogens is 4. The summed E-state index contributed by atoms with van der Waals surface area (Å²) in [6, 6.07) is 6.27. The van der Waals surface area contributed by atoms with Gasteiger partial charge in [0.1, 0.15) is 24.8 Å². The lowest BCUT2D eigenvalue weighted by Crippen LogP contribution is -2.42. The number of carboxylic acids is 1. The van der Waals surface area contributed by atoms with Gasteiger partial charge >= 0.3 is 5.97 Å². The fraction of sp³-hybridized carbons (Fsp3) is 0.448. The Hall–Kier alpha value is -3.44. The zero-order valence-corrected chi connectivity index (χ0v) is 22.1. The van der Waals surface area contributed by atoms with Gasteiger partial charge < -0.3 is 19.7 Å². The molecule has 7 nitrogen and oxygen atoms in total. The highest BCUT2D eigenvalue weighted by Gasteiger charge is 2.37. The normalized spacial score (nSPS) is 16.1. The number of carboxylic acid groups (broad SMARTS) is 1. The number of alkyl halides is 1. The van der Waals surface area contributed by atoms with Crippen molar-refractivity contribution in [2.75, 3.05) is 33.4 Å². The molecule has 40 heavy (non-hydrogen) atoms. The van der Waals surface area contributed by atoms with Crippen LogP contribution in [0.1, 0.15) is 49.3 Å². The van der Waals surface area contributed by atoms with E-state index in [1.165, 1.54) is 13.3 Å². The van der Waals surface area contributed by atoms with Crippen molar-refractivity contribution in [3.05, 3.63) is 65.1 Å². The molecule has 0 saturated carbocycles. The Balaban J connectivity index is 1.41. The maximum atomic E-state index is 13.9. The van der Waals surface area contributed by atoms with Crippen molar-refractivity contribution >= 4 is 16.9 Å². The largest absolute Gasteiger partial charge is 0.497 e. The van der Waals surface area contributed by atoms with Gasteiger partial charge in [-0.05, 0) is 68.0 Å². The molecule has 11 heteroatoms. The topological polar surface area (TPSA) is 92.1 Å². The van der Waals surface area contributed by atoms with Gasteiger partial charge in [-0.2, -0.15) is 0 Å². The van der Waals surface area contributed by atoms with Crippen molar-refractivity contribution < 1.29 is 42.0 Å². The van der Waals surface area contributed by atoms with E-state index in [1.807, 2.05) is 4.90 Å². The van der Waals surface area contributed by atoms with Gasteiger partial charge in [-0.15, -0.1) is 0 Å². The molecule has 1 aromatic heterocycles. The third-order valence-corrected chi connectivity index (χ3v) is 7.68. The predicted octanol–water partition coefficient (Wildman–Crippen LogP) is 5.58. The molecular weight excluding hydrogens is 532 g/mol. The van der Waals surface area contributed by atoms with Gasteiger partial charge in [-0.3, -0.25) is 14.7 Å². The minimum Gasteiger partial charge on any atom is -0.497 e. The zero-order chi connectivity index (χ0) is 28.9. The Morgan fingerprint density at radius 2 is 1.85 bits per heavy atom. The van der Waals surface area contributed by atoms with E-state index < -0.39 is 47.4 Å². The number of pyridine rings is 1. The summed E-state index contributed by atoms with van der Waals surface area (Å²) in [6.07, 6.45) is 1.94. The van der Waals surface area contributed by atoms with Crippen LogP contribution in [0.25, 0.3) is 10.9 Å². The van der Waals surface area contributed by atoms with Crippen molar-refractivity contribution in [1.29, 1.82) is 0 Å². The van der Waals surface area contributed by atoms with E-state index in [2.05, 4.69) is 4.98 Å². The van der Waals surface area contributed by atoms with Crippen LogP contribution >= 0.6 is 0 Å². The second kappa shape index (κ2) is 12.8. The van der Waals surface area contributed by atoms with Crippen LogP contribution in [0, 0.1) is 22.9 Å². The number of aliphatic hydroxyl groups is 1. The third-order valence-electron chi connectivity index (χ3n) is 7.68. The Bertz CT molecular complexity index is 1320. The molecule has 1 aliphatic heterocycles. The van der Waals surface area contributed by atoms with E-state index in [-0.39, 0.29) is 25.0 Å². The van der Waals surface area contributed by atoms with E-state index in [0.717, 1.165) is 0 Å². The van der Waals surface area contributed by atoms with Gasteiger partial charge in [0.05, 0.1) is 25.2 Å². The van der Waals surface area contributed by atoms with Gasteiger partial charge in [-0.1, -0.05) is 0 Å². The number of likely N-dealkylation sites (tertiary alicyclic amines) is 1. The Kier molecular flexibility index (Phi) is 9.47. The summed E-state index contributed by atoms with van der Waals surface area (Å²) in [5.74, 6) is -4.31. The molecule has 4 rings (SSSR count). The Morgan fingerprint density at radius 1 is 1.15 bits per heavy atom. The monoisotopic (exact) mass is 564 g/mol. The van der Waals surface area contributed by atoms with Crippen LogP contribution in [0.15, 0.2) is 36.5 Å². The lowest BCUT2D eigenvalue weighted by atomic mass is 9.71. The number of benzene rings is 2. The summed E-state index contributed by atoms with van der Waals surface area (Å²) < 4.78 is 65.1. The van der Waals surface area contributed by atoms with Crippen LogP contribution < -0.4 is 9.47 Å². The molecule has 1 atom stereocenters. The van der Waals surface area contributed by atoms with Gasteiger partial charge in [-0.25, -0.2) is 17.6 Å². The number of rotatable bonds is 12. The maximum Gasteiger partial charge on any atom is 0.303 e. The fourth-order valence-corrected chi connectivity index (χ4v) is 5.48. The van der Waals surface area contributed by atoms with Gasteiger partial charge in [0.25, 0.3) is 0 Å². The quantitative estimate of drug-likeness (QED) is 0.278. The third kappa shape index (κ3) is 6.82. The maximum absolute atomic E-state index is 13.9. The number of fused-ring (bicyclic) bond motifs is 1. The van der Waals surface area contributed by atoms with E-state index >= 15 is 0 Å². The minimum atomic E-state index is -1.12. The standard InChI is InChI=1S/C29H32F4N2O5/c1-39-20-2-3-24-21(14-20)27(18(16-30)17-34-24)25(36)4-5-29(15-26(37)38)6-8-35(9-7-29)10-11-40-28-22(32)12-19(31)13-23(28)33/h2-3,12-14,17,25,36H,4-11,15-16H2,1H3,(H,37,38)/t25-/m0/s1. The molecule has 1 fully saturated rings. The number of aromatic nitrogens is 1. The molecule has 1 saturated heterocycles. The number of hydrogen-bond donors (Lipinski definition) is 2. The molecule has 2 aromatic carbocycles. The Morgan fingerprint density at radius 3 is 2.48 bits per heavy atom. The molecule has 0 bridgehead atoms. The van der Waals surface area contributed by atoms with E-state index in [1.54, 1.807) is 18.2 Å². The second-order valence-corrected chi connectivity index (χ2v) is 10.2.